The molecule has 2 amide bonds. The zero-order valence-electron chi connectivity index (χ0n) is 16.6. The Hall–Kier alpha value is -2.04. The van der Waals surface area contributed by atoms with Crippen LogP contribution < -0.4 is 5.32 Å². The fourth-order valence-electron chi connectivity index (χ4n) is 2.81. The number of halogens is 2. The van der Waals surface area contributed by atoms with Gasteiger partial charge in [-0.15, -0.1) is 0 Å². The molecule has 2 aromatic rings. The second-order valence-electron chi connectivity index (χ2n) is 7.26. The van der Waals surface area contributed by atoms with Crippen LogP contribution in [0.1, 0.15) is 37.5 Å². The molecule has 150 valence electrons. The quantitative estimate of drug-likeness (QED) is 0.699. The third kappa shape index (κ3) is 6.25. The van der Waals surface area contributed by atoms with Crippen LogP contribution in [0.3, 0.4) is 0 Å². The lowest BCUT2D eigenvalue weighted by molar-refractivity contribution is -0.140. The maximum Gasteiger partial charge on any atom is 0.242 e. The number of carbonyl (C=O) groups is 2. The number of hydrogen-bond acceptors (Lipinski definition) is 2. The Morgan fingerprint density at radius 2 is 1.68 bits per heavy atom. The van der Waals surface area contributed by atoms with E-state index in [0.717, 1.165) is 11.1 Å². The van der Waals surface area contributed by atoms with E-state index in [2.05, 4.69) is 5.32 Å². The predicted molar refractivity (Wildman–Crippen MR) is 115 cm³/mol. The van der Waals surface area contributed by atoms with Gasteiger partial charge in [-0.05, 0) is 51.0 Å². The molecule has 0 saturated carbocycles. The molecule has 1 atom stereocenters. The Morgan fingerprint density at radius 1 is 1.04 bits per heavy atom. The number of amides is 2. The molecule has 0 aliphatic rings. The van der Waals surface area contributed by atoms with E-state index < -0.39 is 6.04 Å². The van der Waals surface area contributed by atoms with Gasteiger partial charge in [0, 0.05) is 22.6 Å². The number of benzene rings is 2. The summed E-state index contributed by atoms with van der Waals surface area (Å²) in [5.41, 5.74) is 2.78. The SMILES string of the molecule is Cc1ccc(CN(C(=O)Cc2ccc(Cl)cc2Cl)[C@@H](C)C(=O)NC(C)C)cc1. The van der Waals surface area contributed by atoms with Crippen LogP contribution in [0.25, 0.3) is 0 Å². The first-order valence-electron chi connectivity index (χ1n) is 9.26. The molecule has 4 nitrogen and oxygen atoms in total. The molecule has 0 bridgehead atoms. The topological polar surface area (TPSA) is 49.4 Å². The molecule has 28 heavy (non-hydrogen) atoms. The first-order chi connectivity index (χ1) is 13.2. The van der Waals surface area contributed by atoms with Crippen molar-refractivity contribution in [3.63, 3.8) is 0 Å². The van der Waals surface area contributed by atoms with Crippen molar-refractivity contribution in [2.24, 2.45) is 0 Å². The Bertz CT molecular complexity index is 835. The summed E-state index contributed by atoms with van der Waals surface area (Å²) in [5, 5.41) is 3.84. The second kappa shape index (κ2) is 9.94. The molecular weight excluding hydrogens is 395 g/mol. The molecule has 0 unspecified atom stereocenters. The summed E-state index contributed by atoms with van der Waals surface area (Å²) in [7, 11) is 0. The van der Waals surface area contributed by atoms with E-state index in [9.17, 15) is 9.59 Å². The maximum absolute atomic E-state index is 13.1. The lowest BCUT2D eigenvalue weighted by atomic mass is 10.1. The number of nitrogens with one attached hydrogen (secondary N) is 1. The zero-order valence-corrected chi connectivity index (χ0v) is 18.1. The van der Waals surface area contributed by atoms with Crippen LogP contribution in [-0.4, -0.2) is 28.8 Å². The van der Waals surface area contributed by atoms with E-state index in [4.69, 9.17) is 23.2 Å². The van der Waals surface area contributed by atoms with Gasteiger partial charge in [-0.2, -0.15) is 0 Å². The van der Waals surface area contributed by atoms with E-state index in [1.165, 1.54) is 0 Å². The smallest absolute Gasteiger partial charge is 0.242 e. The first-order valence-corrected chi connectivity index (χ1v) is 10.0. The third-order valence-electron chi connectivity index (χ3n) is 4.43. The molecule has 2 aromatic carbocycles. The van der Waals surface area contributed by atoms with Crippen molar-refractivity contribution in [3.05, 3.63) is 69.2 Å². The highest BCUT2D eigenvalue weighted by atomic mass is 35.5. The van der Waals surface area contributed by atoms with Crippen molar-refractivity contribution in [1.29, 1.82) is 0 Å². The number of rotatable bonds is 7. The van der Waals surface area contributed by atoms with E-state index in [-0.39, 0.29) is 24.3 Å². The third-order valence-corrected chi connectivity index (χ3v) is 5.02. The Morgan fingerprint density at radius 3 is 2.25 bits per heavy atom. The highest BCUT2D eigenvalue weighted by Crippen LogP contribution is 2.22. The van der Waals surface area contributed by atoms with E-state index in [0.29, 0.717) is 22.2 Å². The minimum atomic E-state index is -0.609. The van der Waals surface area contributed by atoms with Crippen LogP contribution in [-0.2, 0) is 22.6 Å². The molecular formula is C22H26Cl2N2O2. The summed E-state index contributed by atoms with van der Waals surface area (Å²) in [5.74, 6) is -0.353. The minimum absolute atomic E-state index is 0.00279. The number of hydrogen-bond donors (Lipinski definition) is 1. The molecule has 6 heteroatoms. The van der Waals surface area contributed by atoms with Crippen molar-refractivity contribution < 1.29 is 9.59 Å². The van der Waals surface area contributed by atoms with Gasteiger partial charge >= 0.3 is 0 Å². The molecule has 2 rings (SSSR count). The lowest BCUT2D eigenvalue weighted by Gasteiger charge is -2.29. The molecule has 0 aromatic heterocycles. The van der Waals surface area contributed by atoms with Gasteiger partial charge in [0.1, 0.15) is 6.04 Å². The van der Waals surface area contributed by atoms with Gasteiger partial charge in [-0.25, -0.2) is 0 Å². The summed E-state index contributed by atoms with van der Waals surface area (Å²) in [6.45, 7) is 7.88. The molecule has 0 radical (unpaired) electrons. The number of aryl methyl sites for hydroxylation is 1. The maximum atomic E-state index is 13.1. The summed E-state index contributed by atoms with van der Waals surface area (Å²) >= 11 is 12.2. The summed E-state index contributed by atoms with van der Waals surface area (Å²) < 4.78 is 0. The molecule has 0 aliphatic carbocycles. The van der Waals surface area contributed by atoms with Crippen molar-refractivity contribution >= 4 is 35.0 Å². The van der Waals surface area contributed by atoms with Gasteiger partial charge < -0.3 is 10.2 Å². The standard InChI is InChI=1S/C22H26Cl2N2O2/c1-14(2)25-22(28)16(4)26(13-17-7-5-15(3)6-8-17)21(27)11-18-9-10-19(23)12-20(18)24/h5-10,12,14,16H,11,13H2,1-4H3,(H,25,28)/t16-/m0/s1. The van der Waals surface area contributed by atoms with Crippen molar-refractivity contribution in [2.75, 3.05) is 0 Å². The predicted octanol–water partition coefficient (Wildman–Crippen LogP) is 4.79. The van der Waals surface area contributed by atoms with Crippen LogP contribution in [0.5, 0.6) is 0 Å². The minimum Gasteiger partial charge on any atom is -0.352 e. The van der Waals surface area contributed by atoms with Gasteiger partial charge in [-0.3, -0.25) is 9.59 Å². The zero-order chi connectivity index (χ0) is 20.8. The number of nitrogens with zero attached hydrogens (tertiary/aromatic N) is 1. The van der Waals surface area contributed by atoms with Crippen LogP contribution >= 0.6 is 23.2 Å². The Kier molecular flexibility index (Phi) is 7.90. The first kappa shape index (κ1) is 22.3. The summed E-state index contributed by atoms with van der Waals surface area (Å²) in [6.07, 6.45) is 0.0984. The normalized spacial score (nSPS) is 12.0. The van der Waals surface area contributed by atoms with E-state index in [1.807, 2.05) is 45.0 Å². The fraction of sp³-hybridized carbons (Fsp3) is 0.364. The van der Waals surface area contributed by atoms with Crippen LogP contribution in [0.4, 0.5) is 0 Å². The monoisotopic (exact) mass is 420 g/mol. The Balaban J connectivity index is 2.26. The van der Waals surface area contributed by atoms with E-state index >= 15 is 0 Å². The lowest BCUT2D eigenvalue weighted by Crippen LogP contribution is -2.49. The second-order valence-corrected chi connectivity index (χ2v) is 8.10. The average Bonchev–Trinajstić information content (AvgIpc) is 2.62. The van der Waals surface area contributed by atoms with Gasteiger partial charge in [0.25, 0.3) is 0 Å². The summed E-state index contributed by atoms with van der Waals surface area (Å²) in [4.78, 5) is 27.3. The van der Waals surface area contributed by atoms with Crippen LogP contribution in [0.2, 0.25) is 10.0 Å². The van der Waals surface area contributed by atoms with Gasteiger partial charge in [-0.1, -0.05) is 59.1 Å². The van der Waals surface area contributed by atoms with Gasteiger partial charge in [0.05, 0.1) is 6.42 Å². The number of carbonyl (C=O) groups excluding carboxylic acids is 2. The van der Waals surface area contributed by atoms with Crippen LogP contribution in [0.15, 0.2) is 42.5 Å². The largest absolute Gasteiger partial charge is 0.352 e. The molecule has 1 N–H and O–H groups in total. The highest BCUT2D eigenvalue weighted by Gasteiger charge is 2.27. The molecule has 0 heterocycles. The van der Waals surface area contributed by atoms with Crippen molar-refractivity contribution in [2.45, 2.75) is 52.7 Å². The molecule has 0 aliphatic heterocycles. The molecule has 0 spiro atoms. The van der Waals surface area contributed by atoms with Crippen LogP contribution in [0, 0.1) is 6.92 Å². The van der Waals surface area contributed by atoms with E-state index in [1.54, 1.807) is 30.0 Å². The fourth-order valence-corrected chi connectivity index (χ4v) is 3.28. The van der Waals surface area contributed by atoms with Crippen molar-refractivity contribution in [3.8, 4) is 0 Å². The molecule has 0 saturated heterocycles. The van der Waals surface area contributed by atoms with Crippen molar-refractivity contribution in [1.82, 2.24) is 10.2 Å². The molecule has 0 fully saturated rings. The Labute approximate surface area is 176 Å². The highest BCUT2D eigenvalue weighted by molar-refractivity contribution is 6.35. The summed E-state index contributed by atoms with van der Waals surface area (Å²) in [6, 6.07) is 12.4. The van der Waals surface area contributed by atoms with Gasteiger partial charge in [0.15, 0.2) is 0 Å². The van der Waals surface area contributed by atoms with Gasteiger partial charge in [0.2, 0.25) is 11.8 Å². The average molecular weight is 421 g/mol.